The van der Waals surface area contributed by atoms with Gasteiger partial charge in [0, 0.05) is 11.6 Å². The van der Waals surface area contributed by atoms with Gasteiger partial charge >= 0.3 is 5.97 Å². The third-order valence-corrected chi connectivity index (χ3v) is 4.10. The lowest BCUT2D eigenvalue weighted by atomic mass is 10.1. The van der Waals surface area contributed by atoms with Crippen molar-refractivity contribution in [2.45, 2.75) is 13.0 Å². The standard InChI is InChI=1S/C19H15ClF2N2O3/c1-11(19(25)26-2)27-18-16(20)17(12-8-13(21)10-14(22)9-12)24(23-18)15-6-4-3-5-7-15/h3-11H,1-2H3. The van der Waals surface area contributed by atoms with Crippen LogP contribution in [0.2, 0.25) is 5.02 Å². The van der Waals surface area contributed by atoms with E-state index in [1.807, 2.05) is 6.07 Å². The van der Waals surface area contributed by atoms with Gasteiger partial charge in [0.25, 0.3) is 5.88 Å². The fraction of sp³-hybridized carbons (Fsp3) is 0.158. The van der Waals surface area contributed by atoms with Crippen LogP contribution in [0, 0.1) is 11.6 Å². The topological polar surface area (TPSA) is 53.4 Å². The van der Waals surface area contributed by atoms with Gasteiger partial charge in [-0.1, -0.05) is 29.8 Å². The SMILES string of the molecule is COC(=O)C(C)Oc1nn(-c2ccccc2)c(-c2cc(F)cc(F)c2)c1Cl. The molecule has 3 rings (SSSR count). The van der Waals surface area contributed by atoms with Gasteiger partial charge in [0.2, 0.25) is 0 Å². The minimum absolute atomic E-state index is 0.0135. The number of methoxy groups -OCH3 is 1. The maximum atomic E-state index is 13.7. The smallest absolute Gasteiger partial charge is 0.346 e. The summed E-state index contributed by atoms with van der Waals surface area (Å²) in [5, 5.41) is 4.30. The fourth-order valence-electron chi connectivity index (χ4n) is 2.53. The van der Waals surface area contributed by atoms with Crippen LogP contribution in [-0.4, -0.2) is 29.0 Å². The molecule has 2 aromatic carbocycles. The number of esters is 1. The first kappa shape index (κ1) is 18.8. The number of hydrogen-bond acceptors (Lipinski definition) is 4. The number of hydrogen-bond donors (Lipinski definition) is 0. The number of rotatable bonds is 5. The van der Waals surface area contributed by atoms with Crippen molar-refractivity contribution in [3.8, 4) is 22.8 Å². The van der Waals surface area contributed by atoms with Gasteiger partial charge in [-0.2, -0.15) is 0 Å². The van der Waals surface area contributed by atoms with Gasteiger partial charge in [-0.3, -0.25) is 0 Å². The van der Waals surface area contributed by atoms with E-state index in [1.165, 1.54) is 18.7 Å². The molecule has 3 aromatic rings. The van der Waals surface area contributed by atoms with E-state index in [9.17, 15) is 13.6 Å². The zero-order chi connectivity index (χ0) is 19.6. The predicted octanol–water partition coefficient (Wildman–Crippen LogP) is 4.41. The molecule has 27 heavy (non-hydrogen) atoms. The van der Waals surface area contributed by atoms with Crippen molar-refractivity contribution in [1.29, 1.82) is 0 Å². The molecule has 0 amide bonds. The van der Waals surface area contributed by atoms with E-state index in [4.69, 9.17) is 16.3 Å². The molecule has 1 aromatic heterocycles. The van der Waals surface area contributed by atoms with Crippen LogP contribution in [0.25, 0.3) is 16.9 Å². The lowest BCUT2D eigenvalue weighted by Crippen LogP contribution is -2.25. The molecule has 0 aliphatic carbocycles. The van der Waals surface area contributed by atoms with Crippen LogP contribution in [-0.2, 0) is 9.53 Å². The van der Waals surface area contributed by atoms with Crippen molar-refractivity contribution in [2.75, 3.05) is 7.11 Å². The van der Waals surface area contributed by atoms with Crippen molar-refractivity contribution in [1.82, 2.24) is 9.78 Å². The van der Waals surface area contributed by atoms with Gasteiger partial charge in [0.05, 0.1) is 18.5 Å². The maximum Gasteiger partial charge on any atom is 0.346 e. The molecule has 1 unspecified atom stereocenters. The molecule has 140 valence electrons. The van der Waals surface area contributed by atoms with E-state index in [2.05, 4.69) is 9.84 Å². The number of carbonyl (C=O) groups is 1. The Bertz CT molecular complexity index is 956. The Hall–Kier alpha value is -2.93. The van der Waals surface area contributed by atoms with Crippen molar-refractivity contribution < 1.29 is 23.0 Å². The van der Waals surface area contributed by atoms with Crippen LogP contribution in [0.5, 0.6) is 5.88 Å². The van der Waals surface area contributed by atoms with E-state index in [0.29, 0.717) is 5.69 Å². The summed E-state index contributed by atoms with van der Waals surface area (Å²) in [4.78, 5) is 11.6. The van der Waals surface area contributed by atoms with Crippen molar-refractivity contribution in [3.05, 3.63) is 65.2 Å². The van der Waals surface area contributed by atoms with Crippen LogP contribution in [0.1, 0.15) is 6.92 Å². The summed E-state index contributed by atoms with van der Waals surface area (Å²) in [6.07, 6.45) is -0.969. The first-order valence-electron chi connectivity index (χ1n) is 7.95. The molecular weight excluding hydrogens is 378 g/mol. The predicted molar refractivity (Wildman–Crippen MR) is 96.0 cm³/mol. The molecule has 0 radical (unpaired) electrons. The third kappa shape index (κ3) is 3.93. The molecule has 0 spiro atoms. The highest BCUT2D eigenvalue weighted by Crippen LogP contribution is 2.38. The molecule has 0 aliphatic heterocycles. The van der Waals surface area contributed by atoms with Crippen LogP contribution < -0.4 is 4.74 Å². The summed E-state index contributed by atoms with van der Waals surface area (Å²) < 4.78 is 39.0. The average Bonchev–Trinajstić information content (AvgIpc) is 2.97. The number of carbonyl (C=O) groups excluding carboxylic acids is 1. The highest BCUT2D eigenvalue weighted by Gasteiger charge is 2.25. The minimum atomic E-state index is -0.969. The number of nitrogens with zero attached hydrogens (tertiary/aromatic N) is 2. The second-order valence-corrected chi connectivity index (χ2v) is 6.03. The molecule has 5 nitrogen and oxygen atoms in total. The Morgan fingerprint density at radius 2 is 1.78 bits per heavy atom. The van der Waals surface area contributed by atoms with E-state index in [-0.39, 0.29) is 22.2 Å². The first-order valence-corrected chi connectivity index (χ1v) is 8.33. The molecule has 0 fully saturated rings. The molecule has 1 atom stereocenters. The van der Waals surface area contributed by atoms with Crippen molar-refractivity contribution in [2.24, 2.45) is 0 Å². The maximum absolute atomic E-state index is 13.7. The summed E-state index contributed by atoms with van der Waals surface area (Å²) in [6.45, 7) is 1.48. The second-order valence-electron chi connectivity index (χ2n) is 5.66. The van der Waals surface area contributed by atoms with Gasteiger partial charge in [-0.25, -0.2) is 18.3 Å². The summed E-state index contributed by atoms with van der Waals surface area (Å²) in [7, 11) is 1.23. The molecular formula is C19H15ClF2N2O3. The summed E-state index contributed by atoms with van der Waals surface area (Å²) >= 11 is 6.41. The van der Waals surface area contributed by atoms with E-state index in [0.717, 1.165) is 18.2 Å². The summed E-state index contributed by atoms with van der Waals surface area (Å²) in [6, 6.07) is 11.9. The molecule has 0 N–H and O–H groups in total. The highest BCUT2D eigenvalue weighted by molar-refractivity contribution is 6.34. The van der Waals surface area contributed by atoms with Crippen LogP contribution in [0.15, 0.2) is 48.5 Å². The Labute approximate surface area is 159 Å². The highest BCUT2D eigenvalue weighted by atomic mass is 35.5. The van der Waals surface area contributed by atoms with Gasteiger partial charge in [-0.05, 0) is 31.2 Å². The normalized spacial score (nSPS) is 11.9. The Morgan fingerprint density at radius 1 is 1.15 bits per heavy atom. The average molecular weight is 393 g/mol. The van der Waals surface area contributed by atoms with Crippen molar-refractivity contribution in [3.63, 3.8) is 0 Å². The summed E-state index contributed by atoms with van der Waals surface area (Å²) in [5.74, 6) is -2.18. The van der Waals surface area contributed by atoms with Gasteiger partial charge in [-0.15, -0.1) is 5.10 Å². The molecule has 0 aliphatic rings. The Morgan fingerprint density at radius 3 is 2.37 bits per heavy atom. The van der Waals surface area contributed by atoms with E-state index < -0.39 is 23.7 Å². The Kier molecular flexibility index (Phi) is 5.41. The van der Waals surface area contributed by atoms with Gasteiger partial charge < -0.3 is 9.47 Å². The monoisotopic (exact) mass is 392 g/mol. The van der Waals surface area contributed by atoms with Gasteiger partial charge in [0.15, 0.2) is 6.10 Å². The number of ether oxygens (including phenoxy) is 2. The van der Waals surface area contributed by atoms with Crippen molar-refractivity contribution >= 4 is 17.6 Å². The Balaban J connectivity index is 2.16. The number of aromatic nitrogens is 2. The van der Waals surface area contributed by atoms with Gasteiger partial charge in [0.1, 0.15) is 16.7 Å². The molecule has 8 heteroatoms. The zero-order valence-electron chi connectivity index (χ0n) is 14.4. The quantitative estimate of drug-likeness (QED) is 0.603. The molecule has 0 saturated carbocycles. The fourth-order valence-corrected chi connectivity index (χ4v) is 2.80. The molecule has 1 heterocycles. The largest absolute Gasteiger partial charge is 0.466 e. The second kappa shape index (κ2) is 7.75. The summed E-state index contributed by atoms with van der Waals surface area (Å²) in [5.41, 5.74) is 1.00. The first-order chi connectivity index (χ1) is 12.9. The number of para-hydroxylation sites is 1. The molecule has 0 saturated heterocycles. The van der Waals surface area contributed by atoms with E-state index >= 15 is 0 Å². The van der Waals surface area contributed by atoms with Crippen LogP contribution >= 0.6 is 11.6 Å². The van der Waals surface area contributed by atoms with Crippen LogP contribution in [0.3, 0.4) is 0 Å². The third-order valence-electron chi connectivity index (χ3n) is 3.76. The van der Waals surface area contributed by atoms with Crippen LogP contribution in [0.4, 0.5) is 8.78 Å². The minimum Gasteiger partial charge on any atom is -0.466 e. The molecule has 0 bridgehead atoms. The lowest BCUT2D eigenvalue weighted by Gasteiger charge is -2.09. The lowest BCUT2D eigenvalue weighted by molar-refractivity contribution is -0.148. The number of benzene rings is 2. The van der Waals surface area contributed by atoms with E-state index in [1.54, 1.807) is 24.3 Å². The zero-order valence-corrected chi connectivity index (χ0v) is 15.2. The number of halogens is 3.